The summed E-state index contributed by atoms with van der Waals surface area (Å²) in [4.78, 5) is 14.3. The third kappa shape index (κ3) is 4.21. The fraction of sp³-hybridized carbons (Fsp3) is 0.900. The standard InChI is InChI=1S/C10H18N4O/c1-8-2-4-9(5-3-8)10(15)12-6-7-13-14-11/h8-9H,2-7H2,1H3,(H,12,15). The van der Waals surface area contributed by atoms with Crippen LogP contribution in [-0.2, 0) is 4.79 Å². The molecule has 0 saturated heterocycles. The Labute approximate surface area is 89.9 Å². The minimum Gasteiger partial charge on any atom is -0.356 e. The molecule has 0 aromatic rings. The van der Waals surface area contributed by atoms with Gasteiger partial charge >= 0.3 is 0 Å². The molecule has 1 aliphatic rings. The number of carbonyl (C=O) groups is 1. The van der Waals surface area contributed by atoms with E-state index in [0.29, 0.717) is 13.1 Å². The van der Waals surface area contributed by atoms with Crippen LogP contribution in [0, 0.1) is 11.8 Å². The van der Waals surface area contributed by atoms with Gasteiger partial charge in [-0.05, 0) is 37.1 Å². The van der Waals surface area contributed by atoms with E-state index in [2.05, 4.69) is 22.3 Å². The fourth-order valence-electron chi connectivity index (χ4n) is 1.94. The summed E-state index contributed by atoms with van der Waals surface area (Å²) in [5, 5.41) is 6.16. The molecule has 1 saturated carbocycles. The van der Waals surface area contributed by atoms with Gasteiger partial charge in [-0.2, -0.15) is 0 Å². The summed E-state index contributed by atoms with van der Waals surface area (Å²) >= 11 is 0. The van der Waals surface area contributed by atoms with Gasteiger partial charge in [-0.25, -0.2) is 0 Å². The monoisotopic (exact) mass is 210 g/mol. The molecule has 0 atom stereocenters. The summed E-state index contributed by atoms with van der Waals surface area (Å²) < 4.78 is 0. The van der Waals surface area contributed by atoms with Crippen molar-refractivity contribution in [2.75, 3.05) is 13.1 Å². The van der Waals surface area contributed by atoms with E-state index in [1.54, 1.807) is 0 Å². The molecule has 5 heteroatoms. The molecule has 1 rings (SSSR count). The Balaban J connectivity index is 2.19. The first kappa shape index (κ1) is 11.9. The van der Waals surface area contributed by atoms with E-state index in [1.807, 2.05) is 0 Å². The Morgan fingerprint density at radius 3 is 2.73 bits per heavy atom. The van der Waals surface area contributed by atoms with E-state index in [9.17, 15) is 4.79 Å². The second kappa shape index (κ2) is 6.30. The van der Waals surface area contributed by atoms with E-state index < -0.39 is 0 Å². The highest BCUT2D eigenvalue weighted by molar-refractivity contribution is 5.78. The number of carbonyl (C=O) groups excluding carboxylic acids is 1. The van der Waals surface area contributed by atoms with Crippen LogP contribution < -0.4 is 5.32 Å². The Hall–Kier alpha value is -1.22. The summed E-state index contributed by atoms with van der Waals surface area (Å²) in [5.74, 6) is 1.06. The molecule has 0 heterocycles. The first-order valence-corrected chi connectivity index (χ1v) is 5.52. The van der Waals surface area contributed by atoms with Crippen LogP contribution in [0.4, 0.5) is 0 Å². The largest absolute Gasteiger partial charge is 0.356 e. The average molecular weight is 210 g/mol. The van der Waals surface area contributed by atoms with Crippen molar-refractivity contribution < 1.29 is 4.79 Å². The quantitative estimate of drug-likeness (QED) is 0.328. The summed E-state index contributed by atoms with van der Waals surface area (Å²) in [5.41, 5.74) is 8.05. The first-order valence-electron chi connectivity index (χ1n) is 5.52. The molecule has 15 heavy (non-hydrogen) atoms. The van der Waals surface area contributed by atoms with Crippen LogP contribution in [0.15, 0.2) is 5.11 Å². The van der Waals surface area contributed by atoms with E-state index >= 15 is 0 Å². The molecule has 1 amide bonds. The smallest absolute Gasteiger partial charge is 0.223 e. The Morgan fingerprint density at radius 1 is 1.47 bits per heavy atom. The molecule has 1 aliphatic carbocycles. The van der Waals surface area contributed by atoms with Crippen molar-refractivity contribution in [1.29, 1.82) is 0 Å². The van der Waals surface area contributed by atoms with Gasteiger partial charge in [0.05, 0.1) is 0 Å². The number of nitrogens with one attached hydrogen (secondary N) is 1. The average Bonchev–Trinajstić information content (AvgIpc) is 2.25. The molecule has 0 radical (unpaired) electrons. The number of hydrogen-bond donors (Lipinski definition) is 1. The van der Waals surface area contributed by atoms with Gasteiger partial charge in [0.2, 0.25) is 5.91 Å². The van der Waals surface area contributed by atoms with Gasteiger partial charge in [0, 0.05) is 23.9 Å². The van der Waals surface area contributed by atoms with E-state index in [4.69, 9.17) is 5.53 Å². The molecule has 0 unspecified atom stereocenters. The zero-order valence-electron chi connectivity index (χ0n) is 9.15. The lowest BCUT2D eigenvalue weighted by molar-refractivity contribution is -0.126. The Bertz CT molecular complexity index is 252. The van der Waals surface area contributed by atoms with Crippen molar-refractivity contribution in [2.45, 2.75) is 32.6 Å². The van der Waals surface area contributed by atoms with Gasteiger partial charge < -0.3 is 5.32 Å². The lowest BCUT2D eigenvalue weighted by Gasteiger charge is -2.25. The van der Waals surface area contributed by atoms with Gasteiger partial charge in [0.1, 0.15) is 0 Å². The summed E-state index contributed by atoms with van der Waals surface area (Å²) in [6.07, 6.45) is 4.28. The van der Waals surface area contributed by atoms with Crippen LogP contribution in [0.5, 0.6) is 0 Å². The highest BCUT2D eigenvalue weighted by Crippen LogP contribution is 2.28. The molecule has 0 aromatic carbocycles. The molecule has 0 bridgehead atoms. The van der Waals surface area contributed by atoms with Gasteiger partial charge in [0.25, 0.3) is 0 Å². The molecule has 0 aliphatic heterocycles. The molecule has 1 fully saturated rings. The maximum atomic E-state index is 11.6. The fourth-order valence-corrected chi connectivity index (χ4v) is 1.94. The van der Waals surface area contributed by atoms with Crippen LogP contribution in [0.25, 0.3) is 10.4 Å². The Morgan fingerprint density at radius 2 is 2.13 bits per heavy atom. The lowest BCUT2D eigenvalue weighted by atomic mass is 9.82. The van der Waals surface area contributed by atoms with Crippen LogP contribution in [-0.4, -0.2) is 19.0 Å². The van der Waals surface area contributed by atoms with E-state index in [1.165, 1.54) is 0 Å². The minimum atomic E-state index is 0.120. The first-order chi connectivity index (χ1) is 7.24. The molecular formula is C10H18N4O. The number of azide groups is 1. The molecule has 0 spiro atoms. The van der Waals surface area contributed by atoms with Crippen molar-refractivity contribution in [3.8, 4) is 0 Å². The third-order valence-electron chi connectivity index (χ3n) is 2.96. The third-order valence-corrected chi connectivity index (χ3v) is 2.96. The summed E-state index contributed by atoms with van der Waals surface area (Å²) in [6, 6.07) is 0. The normalized spacial score (nSPS) is 25.4. The van der Waals surface area contributed by atoms with Crippen LogP contribution in [0.2, 0.25) is 0 Å². The van der Waals surface area contributed by atoms with Crippen molar-refractivity contribution >= 4 is 5.91 Å². The highest BCUT2D eigenvalue weighted by Gasteiger charge is 2.23. The Kier molecular flexibility index (Phi) is 4.98. The molecule has 84 valence electrons. The van der Waals surface area contributed by atoms with E-state index in [-0.39, 0.29) is 11.8 Å². The number of nitrogens with zero attached hydrogens (tertiary/aromatic N) is 3. The maximum Gasteiger partial charge on any atom is 0.223 e. The van der Waals surface area contributed by atoms with Crippen LogP contribution in [0.3, 0.4) is 0 Å². The molecular weight excluding hydrogens is 192 g/mol. The summed E-state index contributed by atoms with van der Waals surface area (Å²) in [7, 11) is 0. The number of rotatable bonds is 4. The van der Waals surface area contributed by atoms with Gasteiger partial charge in [0.15, 0.2) is 0 Å². The summed E-state index contributed by atoms with van der Waals surface area (Å²) in [6.45, 7) is 3.02. The predicted octanol–water partition coefficient (Wildman–Crippen LogP) is 2.24. The number of amides is 1. The zero-order valence-corrected chi connectivity index (χ0v) is 9.15. The SMILES string of the molecule is CC1CCC(C(=O)NCCN=[N+]=[N-])CC1. The van der Waals surface area contributed by atoms with Gasteiger partial charge in [-0.15, -0.1) is 0 Å². The van der Waals surface area contributed by atoms with Gasteiger partial charge in [-0.1, -0.05) is 12.0 Å². The van der Waals surface area contributed by atoms with Gasteiger partial charge in [-0.3, -0.25) is 4.79 Å². The van der Waals surface area contributed by atoms with Crippen LogP contribution >= 0.6 is 0 Å². The maximum absolute atomic E-state index is 11.6. The molecule has 1 N–H and O–H groups in total. The highest BCUT2D eigenvalue weighted by atomic mass is 16.1. The van der Waals surface area contributed by atoms with E-state index in [0.717, 1.165) is 31.6 Å². The zero-order chi connectivity index (χ0) is 11.1. The topological polar surface area (TPSA) is 77.9 Å². The predicted molar refractivity (Wildman–Crippen MR) is 58.1 cm³/mol. The van der Waals surface area contributed by atoms with Crippen molar-refractivity contribution in [1.82, 2.24) is 5.32 Å². The van der Waals surface area contributed by atoms with Crippen molar-refractivity contribution in [2.24, 2.45) is 17.0 Å². The molecule has 0 aromatic heterocycles. The van der Waals surface area contributed by atoms with Crippen molar-refractivity contribution in [3.05, 3.63) is 10.4 Å². The molecule has 5 nitrogen and oxygen atoms in total. The lowest BCUT2D eigenvalue weighted by Crippen LogP contribution is -2.34. The minimum absolute atomic E-state index is 0.120. The second-order valence-electron chi connectivity index (χ2n) is 4.20. The van der Waals surface area contributed by atoms with Crippen LogP contribution in [0.1, 0.15) is 32.6 Å². The second-order valence-corrected chi connectivity index (χ2v) is 4.20. The number of hydrogen-bond acceptors (Lipinski definition) is 2. The van der Waals surface area contributed by atoms with Crippen molar-refractivity contribution in [3.63, 3.8) is 0 Å².